The second-order valence-electron chi connectivity index (χ2n) is 10.2. The number of anilines is 2. The van der Waals surface area contributed by atoms with E-state index < -0.39 is 28.3 Å². The molecule has 3 aromatic carbocycles. The summed E-state index contributed by atoms with van der Waals surface area (Å²) in [6.07, 6.45) is 2.33. The van der Waals surface area contributed by atoms with Crippen LogP contribution < -0.4 is 24.0 Å². The SMILES string of the molecule is COc1ccc(S(=O)(=O)N(CC(=O)NC(C)c2ccc(N3CCC(C)CC3)cc2)c2ccc(F)c(Cl)c2)cc1OC. The molecule has 220 valence electrons. The summed E-state index contributed by atoms with van der Waals surface area (Å²) >= 11 is 5.98. The highest BCUT2D eigenvalue weighted by Crippen LogP contribution is 2.33. The Morgan fingerprint density at radius 1 is 1.05 bits per heavy atom. The molecule has 1 aliphatic heterocycles. The van der Waals surface area contributed by atoms with Crippen molar-refractivity contribution in [3.63, 3.8) is 0 Å². The number of carbonyl (C=O) groups excluding carboxylic acids is 1. The van der Waals surface area contributed by atoms with Crippen LogP contribution in [0, 0.1) is 11.7 Å². The monoisotopic (exact) mass is 603 g/mol. The molecule has 1 aliphatic rings. The molecule has 1 heterocycles. The quantitative estimate of drug-likeness (QED) is 0.315. The first kappa shape index (κ1) is 30.5. The van der Waals surface area contributed by atoms with Crippen molar-refractivity contribution in [1.29, 1.82) is 0 Å². The number of ether oxygens (including phenoxy) is 2. The molecule has 11 heteroatoms. The molecule has 1 fully saturated rings. The maximum atomic E-state index is 13.9. The molecule has 0 bridgehead atoms. The van der Waals surface area contributed by atoms with E-state index in [0.29, 0.717) is 5.75 Å². The lowest BCUT2D eigenvalue weighted by atomic mass is 9.98. The number of methoxy groups -OCH3 is 2. The summed E-state index contributed by atoms with van der Waals surface area (Å²) in [6, 6.07) is 15.2. The van der Waals surface area contributed by atoms with Crippen molar-refractivity contribution in [3.05, 3.63) is 77.1 Å². The zero-order valence-electron chi connectivity index (χ0n) is 23.6. The molecule has 41 heavy (non-hydrogen) atoms. The first-order valence-corrected chi connectivity index (χ1v) is 15.2. The Morgan fingerprint density at radius 2 is 1.71 bits per heavy atom. The summed E-state index contributed by atoms with van der Waals surface area (Å²) < 4.78 is 52.9. The molecule has 8 nitrogen and oxygen atoms in total. The predicted molar refractivity (Wildman–Crippen MR) is 159 cm³/mol. The Kier molecular flexibility index (Phi) is 9.65. The van der Waals surface area contributed by atoms with Gasteiger partial charge in [-0.05, 0) is 73.7 Å². The van der Waals surface area contributed by atoms with Gasteiger partial charge in [0.1, 0.15) is 12.4 Å². The van der Waals surface area contributed by atoms with Crippen LogP contribution >= 0.6 is 11.6 Å². The first-order chi connectivity index (χ1) is 19.5. The third-order valence-corrected chi connectivity index (χ3v) is 9.40. The van der Waals surface area contributed by atoms with Crippen LogP contribution in [0.4, 0.5) is 15.8 Å². The molecule has 0 aliphatic carbocycles. The average molecular weight is 604 g/mol. The van der Waals surface area contributed by atoms with Gasteiger partial charge in [0.05, 0.1) is 35.9 Å². The van der Waals surface area contributed by atoms with Crippen LogP contribution in [0.1, 0.15) is 38.3 Å². The van der Waals surface area contributed by atoms with Crippen molar-refractivity contribution in [2.75, 3.05) is 43.1 Å². The van der Waals surface area contributed by atoms with Gasteiger partial charge in [-0.1, -0.05) is 30.7 Å². The Labute approximate surface area is 246 Å². The van der Waals surface area contributed by atoms with E-state index in [1.165, 1.54) is 44.6 Å². The third-order valence-electron chi connectivity index (χ3n) is 7.34. The molecule has 0 aromatic heterocycles. The summed E-state index contributed by atoms with van der Waals surface area (Å²) in [5, 5.41) is 2.61. The number of amides is 1. The third kappa shape index (κ3) is 7.05. The minimum absolute atomic E-state index is 0.0363. The van der Waals surface area contributed by atoms with E-state index in [1.807, 2.05) is 31.2 Å². The van der Waals surface area contributed by atoms with E-state index in [2.05, 4.69) is 17.1 Å². The molecule has 4 rings (SSSR count). The Balaban J connectivity index is 1.55. The van der Waals surface area contributed by atoms with Crippen molar-refractivity contribution >= 4 is 38.9 Å². The fourth-order valence-electron chi connectivity index (χ4n) is 4.80. The van der Waals surface area contributed by atoms with Crippen LogP contribution in [0.2, 0.25) is 5.02 Å². The van der Waals surface area contributed by atoms with Crippen molar-refractivity contribution in [1.82, 2.24) is 5.32 Å². The lowest BCUT2D eigenvalue weighted by Crippen LogP contribution is -2.41. The highest BCUT2D eigenvalue weighted by atomic mass is 35.5. The molecule has 1 atom stereocenters. The predicted octanol–water partition coefficient (Wildman–Crippen LogP) is 5.81. The van der Waals surface area contributed by atoms with Crippen LogP contribution in [-0.4, -0.2) is 48.2 Å². The number of carbonyl (C=O) groups is 1. The van der Waals surface area contributed by atoms with Crippen LogP contribution in [-0.2, 0) is 14.8 Å². The van der Waals surface area contributed by atoms with E-state index in [4.69, 9.17) is 21.1 Å². The standard InChI is InChI=1S/C30H35ClFN3O5S/c1-20-13-15-34(16-14-20)23-7-5-22(6-8-23)21(2)33-30(36)19-35(24-9-11-27(32)26(31)17-24)41(37,38)25-10-12-28(39-3)29(18-25)40-4/h5-12,17-18,20-21H,13-16,19H2,1-4H3,(H,33,36). The van der Waals surface area contributed by atoms with Gasteiger partial charge in [0.25, 0.3) is 10.0 Å². The molecule has 0 radical (unpaired) electrons. The van der Waals surface area contributed by atoms with E-state index in [0.717, 1.165) is 53.5 Å². The van der Waals surface area contributed by atoms with E-state index in [9.17, 15) is 17.6 Å². The highest BCUT2D eigenvalue weighted by Gasteiger charge is 2.29. The minimum Gasteiger partial charge on any atom is -0.493 e. The van der Waals surface area contributed by atoms with Gasteiger partial charge >= 0.3 is 0 Å². The van der Waals surface area contributed by atoms with Gasteiger partial charge in [0, 0.05) is 24.8 Å². The summed E-state index contributed by atoms with van der Waals surface area (Å²) in [4.78, 5) is 15.5. The summed E-state index contributed by atoms with van der Waals surface area (Å²) in [5.74, 6) is 0.0267. The van der Waals surface area contributed by atoms with Crippen LogP contribution in [0.3, 0.4) is 0 Å². The molecule has 1 unspecified atom stereocenters. The summed E-state index contributed by atoms with van der Waals surface area (Å²) in [5.41, 5.74) is 2.06. The second kappa shape index (κ2) is 13.0. The maximum absolute atomic E-state index is 13.9. The van der Waals surface area contributed by atoms with Crippen LogP contribution in [0.15, 0.2) is 65.6 Å². The van der Waals surface area contributed by atoms with Crippen molar-refractivity contribution in [2.24, 2.45) is 5.92 Å². The number of hydrogen-bond donors (Lipinski definition) is 1. The summed E-state index contributed by atoms with van der Waals surface area (Å²) in [7, 11) is -1.48. The molecule has 0 saturated carbocycles. The smallest absolute Gasteiger partial charge is 0.264 e. The van der Waals surface area contributed by atoms with Gasteiger partial charge in [-0.15, -0.1) is 0 Å². The van der Waals surface area contributed by atoms with Crippen molar-refractivity contribution < 1.29 is 27.1 Å². The molecule has 1 saturated heterocycles. The number of piperidine rings is 1. The topological polar surface area (TPSA) is 88.2 Å². The highest BCUT2D eigenvalue weighted by molar-refractivity contribution is 7.92. The number of nitrogens with zero attached hydrogens (tertiary/aromatic N) is 2. The molecule has 1 amide bonds. The average Bonchev–Trinajstić information content (AvgIpc) is 2.97. The number of hydrogen-bond acceptors (Lipinski definition) is 6. The van der Waals surface area contributed by atoms with Gasteiger partial charge < -0.3 is 19.7 Å². The van der Waals surface area contributed by atoms with Gasteiger partial charge in [-0.3, -0.25) is 9.10 Å². The number of nitrogens with one attached hydrogen (secondary N) is 1. The number of rotatable bonds is 10. The van der Waals surface area contributed by atoms with Gasteiger partial charge in [-0.2, -0.15) is 0 Å². The first-order valence-electron chi connectivity index (χ1n) is 13.4. The van der Waals surface area contributed by atoms with E-state index >= 15 is 0 Å². The normalized spacial score (nSPS) is 14.8. The molecule has 0 spiro atoms. The van der Waals surface area contributed by atoms with Crippen molar-refractivity contribution in [3.8, 4) is 11.5 Å². The molecular weight excluding hydrogens is 569 g/mol. The molecule has 1 N–H and O–H groups in total. The van der Waals surface area contributed by atoms with Gasteiger partial charge in [0.2, 0.25) is 5.91 Å². The zero-order valence-corrected chi connectivity index (χ0v) is 25.1. The van der Waals surface area contributed by atoms with E-state index in [-0.39, 0.29) is 27.4 Å². The van der Waals surface area contributed by atoms with Crippen LogP contribution in [0.5, 0.6) is 11.5 Å². The van der Waals surface area contributed by atoms with Gasteiger partial charge in [0.15, 0.2) is 11.5 Å². The molecular formula is C30H35ClFN3O5S. The fraction of sp³-hybridized carbons (Fsp3) is 0.367. The number of halogens is 2. The fourth-order valence-corrected chi connectivity index (χ4v) is 6.40. The summed E-state index contributed by atoms with van der Waals surface area (Å²) in [6.45, 7) is 5.58. The Bertz CT molecular complexity index is 1480. The van der Waals surface area contributed by atoms with Gasteiger partial charge in [-0.25, -0.2) is 12.8 Å². The zero-order chi connectivity index (χ0) is 29.7. The largest absolute Gasteiger partial charge is 0.493 e. The number of benzene rings is 3. The minimum atomic E-state index is -4.31. The second-order valence-corrected chi connectivity index (χ2v) is 12.4. The van der Waals surface area contributed by atoms with Crippen molar-refractivity contribution in [2.45, 2.75) is 37.6 Å². The Hall–Kier alpha value is -3.50. The number of sulfonamides is 1. The maximum Gasteiger partial charge on any atom is 0.264 e. The Morgan fingerprint density at radius 3 is 2.32 bits per heavy atom. The lowest BCUT2D eigenvalue weighted by molar-refractivity contribution is -0.120. The lowest BCUT2D eigenvalue weighted by Gasteiger charge is -2.32. The van der Waals surface area contributed by atoms with E-state index in [1.54, 1.807) is 0 Å². The van der Waals surface area contributed by atoms with Crippen LogP contribution in [0.25, 0.3) is 0 Å². The molecule has 3 aromatic rings.